The number of hydrogen-bond donors (Lipinski definition) is 1. The lowest BCUT2D eigenvalue weighted by Gasteiger charge is -2.26. The van der Waals surface area contributed by atoms with Crippen LogP contribution in [0.25, 0.3) is 0 Å². The van der Waals surface area contributed by atoms with E-state index in [0.29, 0.717) is 0 Å². The molecule has 0 saturated carbocycles. The molecule has 0 spiro atoms. The van der Waals surface area contributed by atoms with Gasteiger partial charge in [-0.25, -0.2) is 0 Å². The van der Waals surface area contributed by atoms with Crippen LogP contribution in [0.15, 0.2) is 42.5 Å². The highest BCUT2D eigenvalue weighted by Crippen LogP contribution is 2.29. The number of fused-ring (bicyclic) bond motifs is 1. The average molecular weight is 282 g/mol. The van der Waals surface area contributed by atoms with E-state index in [4.69, 9.17) is 4.74 Å². The molecule has 0 bridgehead atoms. The Kier molecular flexibility index (Phi) is 4.11. The minimum atomic E-state index is 0.920. The molecule has 1 N–H and O–H groups in total. The topological polar surface area (TPSA) is 24.5 Å². The van der Waals surface area contributed by atoms with Gasteiger partial charge in [0.15, 0.2) is 0 Å². The number of methoxy groups -OCH3 is 1. The van der Waals surface area contributed by atoms with E-state index in [1.807, 2.05) is 6.07 Å². The lowest BCUT2D eigenvalue weighted by atomic mass is 10.1. The Balaban J connectivity index is 1.94. The lowest BCUT2D eigenvalue weighted by Crippen LogP contribution is -2.28. The number of nitrogens with zero attached hydrogens (tertiary/aromatic N) is 1. The van der Waals surface area contributed by atoms with Crippen LogP contribution in [0.4, 0.5) is 5.69 Å². The van der Waals surface area contributed by atoms with Crippen molar-refractivity contribution >= 4 is 5.69 Å². The van der Waals surface area contributed by atoms with Crippen LogP contribution >= 0.6 is 0 Å². The van der Waals surface area contributed by atoms with E-state index in [-0.39, 0.29) is 0 Å². The minimum Gasteiger partial charge on any atom is -0.497 e. The molecule has 21 heavy (non-hydrogen) atoms. The largest absolute Gasteiger partial charge is 0.497 e. The number of nitrogens with one attached hydrogen (secondary N) is 1. The van der Waals surface area contributed by atoms with Crippen LogP contribution in [0.3, 0.4) is 0 Å². The first-order chi connectivity index (χ1) is 10.3. The average Bonchev–Trinajstić information content (AvgIpc) is 2.71. The van der Waals surface area contributed by atoms with Crippen LogP contribution in [-0.2, 0) is 13.1 Å². The maximum absolute atomic E-state index is 5.40. The summed E-state index contributed by atoms with van der Waals surface area (Å²) in [6.07, 6.45) is 0. The number of ether oxygens (including phenoxy) is 1. The Morgan fingerprint density at radius 3 is 2.86 bits per heavy atom. The Morgan fingerprint density at radius 1 is 1.19 bits per heavy atom. The van der Waals surface area contributed by atoms with E-state index in [9.17, 15) is 0 Å². The zero-order chi connectivity index (χ0) is 14.7. The van der Waals surface area contributed by atoms with Crippen molar-refractivity contribution in [1.29, 1.82) is 0 Å². The summed E-state index contributed by atoms with van der Waals surface area (Å²) in [5.74, 6) is 0.922. The third-order valence-corrected chi connectivity index (χ3v) is 4.13. The summed E-state index contributed by atoms with van der Waals surface area (Å²) in [5.41, 5.74) is 5.34. The molecular formula is C18H22N2O. The predicted octanol–water partition coefficient (Wildman–Crippen LogP) is 3.11. The summed E-state index contributed by atoms with van der Waals surface area (Å²) in [6.45, 7) is 6.05. The van der Waals surface area contributed by atoms with Crippen LogP contribution in [0.1, 0.15) is 16.7 Å². The zero-order valence-corrected chi connectivity index (χ0v) is 12.7. The van der Waals surface area contributed by atoms with Crippen molar-refractivity contribution < 1.29 is 4.74 Å². The van der Waals surface area contributed by atoms with Gasteiger partial charge in [-0.3, -0.25) is 0 Å². The van der Waals surface area contributed by atoms with E-state index in [2.05, 4.69) is 53.5 Å². The van der Waals surface area contributed by atoms with Gasteiger partial charge in [0.2, 0.25) is 0 Å². The van der Waals surface area contributed by atoms with Crippen LogP contribution < -0.4 is 15.0 Å². The molecule has 1 heterocycles. The van der Waals surface area contributed by atoms with Gasteiger partial charge >= 0.3 is 0 Å². The number of hydrogen-bond acceptors (Lipinski definition) is 3. The molecule has 3 nitrogen and oxygen atoms in total. The zero-order valence-electron chi connectivity index (χ0n) is 12.7. The van der Waals surface area contributed by atoms with Crippen molar-refractivity contribution in [3.63, 3.8) is 0 Å². The van der Waals surface area contributed by atoms with Crippen LogP contribution in [-0.4, -0.2) is 20.2 Å². The van der Waals surface area contributed by atoms with E-state index in [0.717, 1.165) is 31.9 Å². The highest BCUT2D eigenvalue weighted by Gasteiger charge is 2.16. The molecular weight excluding hydrogens is 260 g/mol. The third-order valence-electron chi connectivity index (χ3n) is 4.13. The summed E-state index contributed by atoms with van der Waals surface area (Å²) in [7, 11) is 1.72. The standard InChI is InChI=1S/C18H22N2O/c1-14-5-3-4-6-16(14)13-20-10-9-19-12-15-7-8-17(21-2)11-18(15)20/h3-8,11,19H,9-10,12-13H2,1-2H3. The van der Waals surface area contributed by atoms with Gasteiger partial charge in [-0.05, 0) is 29.7 Å². The maximum Gasteiger partial charge on any atom is 0.120 e. The fourth-order valence-corrected chi connectivity index (χ4v) is 2.83. The van der Waals surface area contributed by atoms with Gasteiger partial charge in [0.1, 0.15) is 5.75 Å². The maximum atomic E-state index is 5.40. The van der Waals surface area contributed by atoms with E-state index in [1.54, 1.807) is 7.11 Å². The summed E-state index contributed by atoms with van der Waals surface area (Å²) >= 11 is 0. The first-order valence-corrected chi connectivity index (χ1v) is 7.45. The van der Waals surface area contributed by atoms with Gasteiger partial charge in [-0.1, -0.05) is 30.3 Å². The number of anilines is 1. The van der Waals surface area contributed by atoms with Crippen molar-refractivity contribution in [1.82, 2.24) is 5.32 Å². The van der Waals surface area contributed by atoms with Crippen LogP contribution in [0, 0.1) is 6.92 Å². The Bertz CT molecular complexity index is 624. The molecule has 0 atom stereocenters. The molecule has 0 aliphatic carbocycles. The highest BCUT2D eigenvalue weighted by molar-refractivity contribution is 5.58. The first-order valence-electron chi connectivity index (χ1n) is 7.45. The summed E-state index contributed by atoms with van der Waals surface area (Å²) in [4.78, 5) is 2.44. The highest BCUT2D eigenvalue weighted by atomic mass is 16.5. The van der Waals surface area contributed by atoms with Crippen LogP contribution in [0.2, 0.25) is 0 Å². The van der Waals surface area contributed by atoms with E-state index < -0.39 is 0 Å². The summed E-state index contributed by atoms with van der Waals surface area (Å²) in [5, 5.41) is 3.49. The Labute approximate surface area is 126 Å². The van der Waals surface area contributed by atoms with Gasteiger partial charge < -0.3 is 15.0 Å². The quantitative estimate of drug-likeness (QED) is 0.936. The molecule has 3 rings (SSSR count). The lowest BCUT2D eigenvalue weighted by molar-refractivity contribution is 0.414. The van der Waals surface area contributed by atoms with Crippen molar-refractivity contribution in [2.75, 3.05) is 25.1 Å². The molecule has 2 aromatic carbocycles. The second-order valence-corrected chi connectivity index (χ2v) is 5.52. The monoisotopic (exact) mass is 282 g/mol. The molecule has 0 unspecified atom stereocenters. The predicted molar refractivity (Wildman–Crippen MR) is 86.9 cm³/mol. The van der Waals surface area contributed by atoms with Gasteiger partial charge in [0.05, 0.1) is 7.11 Å². The van der Waals surface area contributed by atoms with Crippen molar-refractivity contribution in [3.8, 4) is 5.75 Å². The van der Waals surface area contributed by atoms with Crippen molar-refractivity contribution in [3.05, 3.63) is 59.2 Å². The summed E-state index contributed by atoms with van der Waals surface area (Å²) in [6, 6.07) is 15.0. The Hall–Kier alpha value is -2.00. The van der Waals surface area contributed by atoms with Crippen molar-refractivity contribution in [2.45, 2.75) is 20.0 Å². The van der Waals surface area contributed by atoms with E-state index in [1.165, 1.54) is 22.4 Å². The van der Waals surface area contributed by atoms with Gasteiger partial charge in [-0.15, -0.1) is 0 Å². The normalized spacial score (nSPS) is 14.5. The number of rotatable bonds is 3. The molecule has 1 aliphatic rings. The SMILES string of the molecule is COc1ccc2c(c1)N(Cc1ccccc1C)CCNC2. The molecule has 2 aromatic rings. The van der Waals surface area contributed by atoms with Crippen LogP contribution in [0.5, 0.6) is 5.75 Å². The van der Waals surface area contributed by atoms with Crippen molar-refractivity contribution in [2.24, 2.45) is 0 Å². The van der Waals surface area contributed by atoms with Gasteiger partial charge in [-0.2, -0.15) is 0 Å². The first kappa shape index (κ1) is 14.0. The minimum absolute atomic E-state index is 0.920. The fraction of sp³-hybridized carbons (Fsp3) is 0.333. The summed E-state index contributed by atoms with van der Waals surface area (Å²) < 4.78 is 5.40. The molecule has 0 aromatic heterocycles. The smallest absolute Gasteiger partial charge is 0.120 e. The van der Waals surface area contributed by atoms with E-state index >= 15 is 0 Å². The molecule has 1 aliphatic heterocycles. The van der Waals surface area contributed by atoms with Gasteiger partial charge in [0.25, 0.3) is 0 Å². The third kappa shape index (κ3) is 3.03. The number of benzene rings is 2. The molecule has 3 heteroatoms. The number of aryl methyl sites for hydroxylation is 1. The second kappa shape index (κ2) is 6.19. The fourth-order valence-electron chi connectivity index (χ4n) is 2.83. The molecule has 110 valence electrons. The Morgan fingerprint density at radius 2 is 2.05 bits per heavy atom. The molecule has 0 radical (unpaired) electrons. The van der Waals surface area contributed by atoms with Gasteiger partial charge in [0, 0.05) is 37.9 Å². The molecule has 0 saturated heterocycles. The molecule has 0 amide bonds. The molecule has 0 fully saturated rings. The second-order valence-electron chi connectivity index (χ2n) is 5.52.